The van der Waals surface area contributed by atoms with Crippen molar-refractivity contribution in [1.29, 1.82) is 0 Å². The summed E-state index contributed by atoms with van der Waals surface area (Å²) in [5.74, 6) is 0. The van der Waals surface area contributed by atoms with Crippen molar-refractivity contribution in [3.05, 3.63) is 65.3 Å². The number of benzene rings is 2. The van der Waals surface area contributed by atoms with Gasteiger partial charge in [-0.3, -0.25) is 4.98 Å². The van der Waals surface area contributed by atoms with Gasteiger partial charge in [0.25, 0.3) is 0 Å². The Morgan fingerprint density at radius 3 is 2.79 bits per heavy atom. The van der Waals surface area contributed by atoms with Crippen molar-refractivity contribution >= 4 is 51.2 Å². The molecule has 0 radical (unpaired) electrons. The minimum absolute atomic E-state index is 0.378. The largest absolute Gasteiger partial charge is 0.371 e. The minimum Gasteiger partial charge on any atom is -0.371 e. The number of halogens is 1. The average Bonchev–Trinajstić information content (AvgIpc) is 2.73. The summed E-state index contributed by atoms with van der Waals surface area (Å²) < 4.78 is 0. The fourth-order valence-electron chi connectivity index (χ4n) is 3.87. The summed E-state index contributed by atoms with van der Waals surface area (Å²) in [7, 11) is 0. The number of thiocarbonyl (C=S) groups is 1. The molecule has 0 atom stereocenters. The zero-order valence-electron chi connectivity index (χ0n) is 16.5. The highest BCUT2D eigenvalue weighted by molar-refractivity contribution is 7.80. The van der Waals surface area contributed by atoms with Crippen molar-refractivity contribution in [2.24, 2.45) is 0 Å². The van der Waals surface area contributed by atoms with Crippen LogP contribution in [-0.2, 0) is 6.42 Å². The standard InChI is InChI=1S/C23H25ClN4S/c1-2-16-4-3-5-19(14-16)27-23(29)26-18-9-12-28(13-10-18)22-8-11-25-21-15-17(24)6-7-20(21)22/h3-8,11,14-15,18H,2,9-10,12-13H2,1H3,(H2,26,27,29). The number of fused-ring (bicyclic) bond motifs is 1. The van der Waals surface area contributed by atoms with Crippen molar-refractivity contribution in [2.75, 3.05) is 23.3 Å². The monoisotopic (exact) mass is 424 g/mol. The van der Waals surface area contributed by atoms with Crippen LogP contribution in [0.3, 0.4) is 0 Å². The number of nitrogens with zero attached hydrogens (tertiary/aromatic N) is 2. The number of rotatable bonds is 4. The molecule has 1 aliphatic heterocycles. The van der Waals surface area contributed by atoms with Crippen LogP contribution in [0.15, 0.2) is 54.7 Å². The number of anilines is 2. The van der Waals surface area contributed by atoms with E-state index >= 15 is 0 Å². The lowest BCUT2D eigenvalue weighted by Gasteiger charge is -2.35. The normalized spacial score (nSPS) is 14.8. The fraction of sp³-hybridized carbons (Fsp3) is 0.304. The molecular formula is C23H25ClN4S. The van der Waals surface area contributed by atoms with Gasteiger partial charge in [-0.15, -0.1) is 0 Å². The molecule has 4 nitrogen and oxygen atoms in total. The van der Waals surface area contributed by atoms with Crippen LogP contribution in [0.4, 0.5) is 11.4 Å². The van der Waals surface area contributed by atoms with Crippen molar-refractivity contribution in [2.45, 2.75) is 32.2 Å². The lowest BCUT2D eigenvalue weighted by Crippen LogP contribution is -2.46. The maximum Gasteiger partial charge on any atom is 0.170 e. The second kappa shape index (κ2) is 8.97. The molecular weight excluding hydrogens is 400 g/mol. The third-order valence-corrected chi connectivity index (χ3v) is 5.90. The SMILES string of the molecule is CCc1cccc(NC(=S)NC2CCN(c3ccnc4cc(Cl)ccc34)CC2)c1. The van der Waals surface area contributed by atoms with Crippen LogP contribution in [0.25, 0.3) is 10.9 Å². The molecule has 0 bridgehead atoms. The Hall–Kier alpha value is -2.37. The predicted molar refractivity (Wildman–Crippen MR) is 127 cm³/mol. The predicted octanol–water partition coefficient (Wildman–Crippen LogP) is 5.41. The molecule has 0 spiro atoms. The topological polar surface area (TPSA) is 40.2 Å². The van der Waals surface area contributed by atoms with Crippen LogP contribution in [0.5, 0.6) is 0 Å². The van der Waals surface area contributed by atoms with E-state index in [0.29, 0.717) is 11.2 Å². The molecule has 0 unspecified atom stereocenters. The fourth-order valence-corrected chi connectivity index (χ4v) is 4.32. The number of piperidine rings is 1. The number of aromatic nitrogens is 1. The van der Waals surface area contributed by atoms with E-state index in [2.05, 4.69) is 63.8 Å². The van der Waals surface area contributed by atoms with Crippen LogP contribution in [-0.4, -0.2) is 29.2 Å². The van der Waals surface area contributed by atoms with E-state index in [9.17, 15) is 0 Å². The summed E-state index contributed by atoms with van der Waals surface area (Å²) in [6.45, 7) is 4.12. The Balaban J connectivity index is 1.35. The van der Waals surface area contributed by atoms with E-state index in [0.717, 1.165) is 54.0 Å². The van der Waals surface area contributed by atoms with Gasteiger partial charge in [-0.25, -0.2) is 0 Å². The highest BCUT2D eigenvalue weighted by Gasteiger charge is 2.21. The Morgan fingerprint density at radius 1 is 1.17 bits per heavy atom. The van der Waals surface area contributed by atoms with Gasteiger partial charge in [0.2, 0.25) is 0 Å². The second-order valence-corrected chi connectivity index (χ2v) is 8.25. The Kier molecular flexibility index (Phi) is 6.16. The first kappa shape index (κ1) is 19.9. The first-order valence-corrected chi connectivity index (χ1v) is 10.9. The molecule has 0 saturated carbocycles. The maximum absolute atomic E-state index is 6.12. The van der Waals surface area contributed by atoms with Crippen molar-refractivity contribution in [3.8, 4) is 0 Å². The molecule has 2 N–H and O–H groups in total. The molecule has 1 aromatic heterocycles. The van der Waals surface area contributed by atoms with E-state index in [1.54, 1.807) is 0 Å². The Labute approximate surface area is 182 Å². The summed E-state index contributed by atoms with van der Waals surface area (Å²) >= 11 is 11.7. The van der Waals surface area contributed by atoms with Crippen LogP contribution >= 0.6 is 23.8 Å². The zero-order valence-corrected chi connectivity index (χ0v) is 18.1. The molecule has 29 heavy (non-hydrogen) atoms. The number of pyridine rings is 1. The van der Waals surface area contributed by atoms with Crippen LogP contribution in [0.2, 0.25) is 5.02 Å². The summed E-state index contributed by atoms with van der Waals surface area (Å²) in [6.07, 6.45) is 4.95. The van der Waals surface area contributed by atoms with Gasteiger partial charge >= 0.3 is 0 Å². The van der Waals surface area contributed by atoms with Gasteiger partial charge < -0.3 is 15.5 Å². The second-order valence-electron chi connectivity index (χ2n) is 7.41. The van der Waals surface area contributed by atoms with Gasteiger partial charge in [0.1, 0.15) is 0 Å². The third kappa shape index (κ3) is 4.80. The molecule has 1 saturated heterocycles. The van der Waals surface area contributed by atoms with E-state index < -0.39 is 0 Å². The van der Waals surface area contributed by atoms with Gasteiger partial charge in [0.15, 0.2) is 5.11 Å². The van der Waals surface area contributed by atoms with E-state index in [4.69, 9.17) is 23.8 Å². The van der Waals surface area contributed by atoms with Crippen LogP contribution in [0, 0.1) is 0 Å². The first-order chi connectivity index (χ1) is 14.1. The molecule has 1 aliphatic rings. The smallest absolute Gasteiger partial charge is 0.170 e. The quantitative estimate of drug-likeness (QED) is 0.548. The van der Waals surface area contributed by atoms with Gasteiger partial charge in [0, 0.05) is 47.1 Å². The van der Waals surface area contributed by atoms with E-state index in [1.165, 1.54) is 11.3 Å². The molecule has 0 aliphatic carbocycles. The zero-order chi connectivity index (χ0) is 20.2. The van der Waals surface area contributed by atoms with E-state index in [-0.39, 0.29) is 0 Å². The summed E-state index contributed by atoms with van der Waals surface area (Å²) in [6, 6.07) is 16.8. The third-order valence-electron chi connectivity index (χ3n) is 5.45. The maximum atomic E-state index is 6.12. The minimum atomic E-state index is 0.378. The van der Waals surface area contributed by atoms with E-state index in [1.807, 2.05) is 18.3 Å². The van der Waals surface area contributed by atoms with Crippen LogP contribution in [0.1, 0.15) is 25.3 Å². The van der Waals surface area contributed by atoms with Gasteiger partial charge in [-0.05, 0) is 73.4 Å². The molecule has 0 amide bonds. The number of aryl methyl sites for hydroxylation is 1. The summed E-state index contributed by atoms with van der Waals surface area (Å²) in [4.78, 5) is 6.88. The molecule has 6 heteroatoms. The number of hydrogen-bond acceptors (Lipinski definition) is 3. The highest BCUT2D eigenvalue weighted by atomic mass is 35.5. The Morgan fingerprint density at radius 2 is 2.00 bits per heavy atom. The van der Waals surface area contributed by atoms with Crippen molar-refractivity contribution < 1.29 is 0 Å². The van der Waals surface area contributed by atoms with Gasteiger partial charge in [0.05, 0.1) is 5.52 Å². The molecule has 1 fully saturated rings. The first-order valence-electron chi connectivity index (χ1n) is 10.1. The lowest BCUT2D eigenvalue weighted by atomic mass is 10.0. The molecule has 150 valence electrons. The number of hydrogen-bond donors (Lipinski definition) is 2. The molecule has 3 aromatic rings. The van der Waals surface area contributed by atoms with Gasteiger partial charge in [-0.1, -0.05) is 30.7 Å². The molecule has 4 rings (SSSR count). The number of nitrogens with one attached hydrogen (secondary N) is 2. The lowest BCUT2D eigenvalue weighted by molar-refractivity contribution is 0.468. The molecule has 2 heterocycles. The highest BCUT2D eigenvalue weighted by Crippen LogP contribution is 2.29. The van der Waals surface area contributed by atoms with Crippen LogP contribution < -0.4 is 15.5 Å². The molecule has 2 aromatic carbocycles. The average molecular weight is 425 g/mol. The summed E-state index contributed by atoms with van der Waals surface area (Å²) in [5, 5.41) is 9.37. The summed E-state index contributed by atoms with van der Waals surface area (Å²) in [5.41, 5.74) is 4.51. The Bertz CT molecular complexity index is 1010. The van der Waals surface area contributed by atoms with Crippen molar-refractivity contribution in [3.63, 3.8) is 0 Å². The van der Waals surface area contributed by atoms with Gasteiger partial charge in [-0.2, -0.15) is 0 Å². The van der Waals surface area contributed by atoms with Crippen molar-refractivity contribution in [1.82, 2.24) is 10.3 Å².